The Morgan fingerprint density at radius 1 is 1.14 bits per heavy atom. The Hall–Kier alpha value is -3.91. The van der Waals surface area contributed by atoms with E-state index >= 15 is 0 Å². The minimum absolute atomic E-state index is 0.0238. The molecule has 1 fully saturated rings. The lowest BCUT2D eigenvalue weighted by atomic mass is 9.86. The molecule has 0 saturated carbocycles. The summed E-state index contributed by atoms with van der Waals surface area (Å²) in [5.41, 5.74) is 9.93. The van der Waals surface area contributed by atoms with Crippen LogP contribution in [0.15, 0.2) is 65.8 Å². The largest absolute Gasteiger partial charge is 0.491 e. The van der Waals surface area contributed by atoms with Crippen molar-refractivity contribution in [2.45, 2.75) is 18.9 Å². The molecule has 0 radical (unpaired) electrons. The number of aryl methyl sites for hydroxylation is 1. The number of nitrogens with zero attached hydrogens (tertiary/aromatic N) is 3. The van der Waals surface area contributed by atoms with E-state index in [4.69, 9.17) is 15.2 Å². The number of primary amides is 1. The van der Waals surface area contributed by atoms with E-state index in [1.165, 1.54) is 17.2 Å². The number of hydrogen-bond donors (Lipinski definition) is 1. The summed E-state index contributed by atoms with van der Waals surface area (Å²) in [5.74, 6) is 0.0201. The number of rotatable bonds is 6. The summed E-state index contributed by atoms with van der Waals surface area (Å²) in [5, 5.41) is 0. The third-order valence-corrected chi connectivity index (χ3v) is 6.80. The fourth-order valence-electron chi connectivity index (χ4n) is 5.04. The third-order valence-electron chi connectivity index (χ3n) is 6.80. The molecule has 0 bridgehead atoms. The van der Waals surface area contributed by atoms with Gasteiger partial charge in [-0.3, -0.25) is 9.59 Å². The SMILES string of the molecule is COc1cc(-c2cc(C(N)=O)c3ncn([C@@H](c4ccccc4)C4CCOCC4)c3c2)cn(C)c1=O. The highest BCUT2D eigenvalue weighted by Crippen LogP contribution is 2.37. The molecule has 1 atom stereocenters. The van der Waals surface area contributed by atoms with Gasteiger partial charge in [-0.05, 0) is 48.1 Å². The van der Waals surface area contributed by atoms with Crippen LogP contribution >= 0.6 is 0 Å². The van der Waals surface area contributed by atoms with Crippen LogP contribution in [0.25, 0.3) is 22.2 Å². The molecule has 3 heterocycles. The van der Waals surface area contributed by atoms with Crippen LogP contribution in [0.1, 0.15) is 34.8 Å². The van der Waals surface area contributed by atoms with Gasteiger partial charge < -0.3 is 24.3 Å². The first-order valence-corrected chi connectivity index (χ1v) is 11.7. The van der Waals surface area contributed by atoms with Crippen LogP contribution in [0.4, 0.5) is 0 Å². The number of pyridine rings is 1. The van der Waals surface area contributed by atoms with Crippen LogP contribution in [0, 0.1) is 5.92 Å². The molecule has 35 heavy (non-hydrogen) atoms. The lowest BCUT2D eigenvalue weighted by Gasteiger charge is -2.32. The maximum Gasteiger partial charge on any atom is 0.292 e. The zero-order chi connectivity index (χ0) is 24.5. The number of carbonyl (C=O) groups is 1. The fraction of sp³-hybridized carbons (Fsp3) is 0.296. The van der Waals surface area contributed by atoms with E-state index in [0.29, 0.717) is 17.0 Å². The van der Waals surface area contributed by atoms with Gasteiger partial charge >= 0.3 is 0 Å². The molecule has 2 aromatic heterocycles. The average molecular weight is 473 g/mol. The van der Waals surface area contributed by atoms with E-state index in [-0.39, 0.29) is 17.4 Å². The second-order valence-electron chi connectivity index (χ2n) is 8.93. The zero-order valence-electron chi connectivity index (χ0n) is 19.8. The lowest BCUT2D eigenvalue weighted by molar-refractivity contribution is 0.0547. The number of carbonyl (C=O) groups excluding carboxylic acids is 1. The van der Waals surface area contributed by atoms with Crippen molar-refractivity contribution in [2.75, 3.05) is 20.3 Å². The highest BCUT2D eigenvalue weighted by molar-refractivity contribution is 6.06. The van der Waals surface area contributed by atoms with Crippen molar-refractivity contribution in [3.05, 3.63) is 82.5 Å². The Bertz CT molecular complexity index is 1440. The van der Waals surface area contributed by atoms with Crippen LogP contribution in [0.2, 0.25) is 0 Å². The molecule has 1 amide bonds. The van der Waals surface area contributed by atoms with Gasteiger partial charge in [-0.2, -0.15) is 0 Å². The molecule has 2 aromatic carbocycles. The van der Waals surface area contributed by atoms with E-state index in [0.717, 1.165) is 42.7 Å². The summed E-state index contributed by atoms with van der Waals surface area (Å²) in [6, 6.07) is 15.8. The Balaban J connectivity index is 1.74. The number of methoxy groups -OCH3 is 1. The lowest BCUT2D eigenvalue weighted by Crippen LogP contribution is -2.26. The number of amides is 1. The molecule has 4 aromatic rings. The van der Waals surface area contributed by atoms with Crippen molar-refractivity contribution in [3.63, 3.8) is 0 Å². The normalized spacial score (nSPS) is 15.3. The maximum absolute atomic E-state index is 12.5. The molecule has 0 spiro atoms. The Kier molecular flexibility index (Phi) is 6.13. The summed E-state index contributed by atoms with van der Waals surface area (Å²) in [7, 11) is 3.13. The molecule has 8 heteroatoms. The summed E-state index contributed by atoms with van der Waals surface area (Å²) in [4.78, 5) is 29.4. The number of hydrogen-bond acceptors (Lipinski definition) is 5. The topological polar surface area (TPSA) is 101 Å². The van der Waals surface area contributed by atoms with Crippen LogP contribution in [0.3, 0.4) is 0 Å². The Morgan fingerprint density at radius 3 is 2.57 bits per heavy atom. The highest BCUT2D eigenvalue weighted by atomic mass is 16.5. The van der Waals surface area contributed by atoms with Crippen molar-refractivity contribution in [2.24, 2.45) is 18.7 Å². The summed E-state index contributed by atoms with van der Waals surface area (Å²) in [6.07, 6.45) is 5.39. The Labute approximate surface area is 202 Å². The van der Waals surface area contributed by atoms with Gasteiger partial charge in [-0.1, -0.05) is 30.3 Å². The molecule has 1 saturated heterocycles. The Morgan fingerprint density at radius 2 is 1.89 bits per heavy atom. The van der Waals surface area contributed by atoms with E-state index in [1.54, 1.807) is 31.7 Å². The van der Waals surface area contributed by atoms with E-state index < -0.39 is 5.91 Å². The number of nitrogens with two attached hydrogens (primary N) is 1. The molecule has 5 rings (SSSR count). The second kappa shape index (κ2) is 9.38. The zero-order valence-corrected chi connectivity index (χ0v) is 19.8. The molecular formula is C27H28N4O4. The van der Waals surface area contributed by atoms with Crippen molar-refractivity contribution in [3.8, 4) is 16.9 Å². The van der Waals surface area contributed by atoms with Gasteiger partial charge in [0.1, 0.15) is 5.52 Å². The molecule has 2 N–H and O–H groups in total. The number of aromatic nitrogens is 3. The van der Waals surface area contributed by atoms with Gasteiger partial charge in [0.05, 0.1) is 30.6 Å². The maximum atomic E-state index is 12.5. The van der Waals surface area contributed by atoms with Gasteiger partial charge in [-0.15, -0.1) is 0 Å². The first-order valence-electron chi connectivity index (χ1n) is 11.7. The van der Waals surface area contributed by atoms with E-state index in [9.17, 15) is 9.59 Å². The molecule has 0 unspecified atom stereocenters. The van der Waals surface area contributed by atoms with Gasteiger partial charge in [0.15, 0.2) is 5.75 Å². The predicted molar refractivity (Wildman–Crippen MR) is 134 cm³/mol. The van der Waals surface area contributed by atoms with Gasteiger partial charge in [-0.25, -0.2) is 4.98 Å². The highest BCUT2D eigenvalue weighted by Gasteiger charge is 2.29. The minimum atomic E-state index is -0.554. The van der Waals surface area contributed by atoms with E-state index in [1.807, 2.05) is 24.3 Å². The third kappa shape index (κ3) is 4.21. The van der Waals surface area contributed by atoms with Gasteiger partial charge in [0.2, 0.25) is 0 Å². The molecule has 1 aliphatic heterocycles. The summed E-state index contributed by atoms with van der Waals surface area (Å²) >= 11 is 0. The smallest absolute Gasteiger partial charge is 0.292 e. The minimum Gasteiger partial charge on any atom is -0.491 e. The standard InChI is InChI=1S/C27H28N4O4/c1-30-15-20(14-23(34-2)27(30)33)19-12-21(26(28)32)24-22(13-19)31(16-29-24)25(17-6-4-3-5-7-17)18-8-10-35-11-9-18/h3-7,12-16,18,25H,8-11H2,1-2H3,(H2,28,32)/t25-/m0/s1. The summed E-state index contributed by atoms with van der Waals surface area (Å²) < 4.78 is 14.5. The van der Waals surface area contributed by atoms with Gasteiger partial charge in [0.25, 0.3) is 11.5 Å². The summed E-state index contributed by atoms with van der Waals surface area (Å²) in [6.45, 7) is 1.44. The van der Waals surface area contributed by atoms with Crippen LogP contribution in [0.5, 0.6) is 5.75 Å². The fourth-order valence-corrected chi connectivity index (χ4v) is 5.04. The number of imidazole rings is 1. The number of fused-ring (bicyclic) bond motifs is 1. The van der Waals surface area contributed by atoms with Crippen molar-refractivity contribution in [1.29, 1.82) is 0 Å². The molecule has 8 nitrogen and oxygen atoms in total. The predicted octanol–water partition coefficient (Wildman–Crippen LogP) is 3.53. The monoisotopic (exact) mass is 472 g/mol. The van der Waals surface area contributed by atoms with E-state index in [2.05, 4.69) is 21.7 Å². The first-order chi connectivity index (χ1) is 17.0. The first kappa shape index (κ1) is 22.9. The number of benzene rings is 2. The average Bonchev–Trinajstić information content (AvgIpc) is 3.30. The second-order valence-corrected chi connectivity index (χ2v) is 8.93. The molecule has 0 aliphatic carbocycles. The van der Waals surface area contributed by atoms with Crippen LogP contribution in [-0.4, -0.2) is 40.3 Å². The molecule has 1 aliphatic rings. The van der Waals surface area contributed by atoms with Crippen LogP contribution in [-0.2, 0) is 11.8 Å². The molecular weight excluding hydrogens is 444 g/mol. The van der Waals surface area contributed by atoms with Crippen molar-refractivity contribution < 1.29 is 14.3 Å². The van der Waals surface area contributed by atoms with Crippen LogP contribution < -0.4 is 16.0 Å². The quantitative estimate of drug-likeness (QED) is 0.463. The van der Waals surface area contributed by atoms with Gasteiger partial charge in [0, 0.05) is 32.0 Å². The number of ether oxygens (including phenoxy) is 2. The van der Waals surface area contributed by atoms with Crippen molar-refractivity contribution in [1.82, 2.24) is 14.1 Å². The van der Waals surface area contributed by atoms with Crippen molar-refractivity contribution >= 4 is 16.9 Å². The molecule has 180 valence electrons.